The van der Waals surface area contributed by atoms with E-state index in [4.69, 9.17) is 9.47 Å². The highest BCUT2D eigenvalue weighted by atomic mass is 32.1. The van der Waals surface area contributed by atoms with Gasteiger partial charge in [0, 0.05) is 17.6 Å². The van der Waals surface area contributed by atoms with Crippen LogP contribution in [0, 0.1) is 6.92 Å². The molecule has 1 N–H and O–H groups in total. The average Bonchev–Trinajstić information content (AvgIpc) is 2.93. The van der Waals surface area contributed by atoms with Gasteiger partial charge in [-0.25, -0.2) is 4.98 Å². The number of carbonyl (C=O) groups excluding carboxylic acids is 1. The molecule has 1 aromatic heterocycles. The Labute approximate surface area is 127 Å². The van der Waals surface area contributed by atoms with Gasteiger partial charge in [0.2, 0.25) is 0 Å². The second kappa shape index (κ2) is 7.19. The quantitative estimate of drug-likeness (QED) is 0.891. The Kier molecular flexibility index (Phi) is 5.30. The van der Waals surface area contributed by atoms with Gasteiger partial charge in [0.25, 0.3) is 5.91 Å². The van der Waals surface area contributed by atoms with Gasteiger partial charge in [0.15, 0.2) is 5.13 Å². The van der Waals surface area contributed by atoms with Gasteiger partial charge in [0.1, 0.15) is 12.4 Å². The maximum absolute atomic E-state index is 11.6. The number of aromatic nitrogens is 1. The minimum absolute atomic E-state index is 0.0409. The van der Waals surface area contributed by atoms with E-state index in [1.165, 1.54) is 11.3 Å². The molecule has 0 aliphatic heterocycles. The predicted molar refractivity (Wildman–Crippen MR) is 84.0 cm³/mol. The molecule has 2 rings (SSSR count). The summed E-state index contributed by atoms with van der Waals surface area (Å²) < 4.78 is 10.4. The maximum atomic E-state index is 11.6. The SMILES string of the molecule is CCOCC(=O)Nc1nc(-c2cc(C)ccc2OC)cs1. The highest BCUT2D eigenvalue weighted by Crippen LogP contribution is 2.32. The monoisotopic (exact) mass is 306 g/mol. The first kappa shape index (κ1) is 15.5. The van der Waals surface area contributed by atoms with Crippen molar-refractivity contribution in [3.8, 4) is 17.0 Å². The smallest absolute Gasteiger partial charge is 0.252 e. The second-order valence-electron chi connectivity index (χ2n) is 4.43. The van der Waals surface area contributed by atoms with Crippen LogP contribution in [0.3, 0.4) is 0 Å². The lowest BCUT2D eigenvalue weighted by atomic mass is 10.1. The molecule has 0 spiro atoms. The summed E-state index contributed by atoms with van der Waals surface area (Å²) in [5.74, 6) is 0.562. The molecule has 0 aliphatic rings. The van der Waals surface area contributed by atoms with E-state index < -0.39 is 0 Å². The van der Waals surface area contributed by atoms with E-state index in [0.29, 0.717) is 11.7 Å². The Balaban J connectivity index is 2.16. The van der Waals surface area contributed by atoms with Crippen molar-refractivity contribution in [1.29, 1.82) is 0 Å². The molecule has 112 valence electrons. The average molecular weight is 306 g/mol. The van der Waals surface area contributed by atoms with Gasteiger partial charge in [-0.15, -0.1) is 11.3 Å². The van der Waals surface area contributed by atoms with Crippen molar-refractivity contribution < 1.29 is 14.3 Å². The normalized spacial score (nSPS) is 10.4. The number of rotatable bonds is 6. The molecular weight excluding hydrogens is 288 g/mol. The van der Waals surface area contributed by atoms with Crippen LogP contribution in [-0.4, -0.2) is 31.2 Å². The molecule has 6 heteroatoms. The van der Waals surface area contributed by atoms with Gasteiger partial charge in [-0.1, -0.05) is 11.6 Å². The molecule has 0 bridgehead atoms. The zero-order chi connectivity index (χ0) is 15.2. The summed E-state index contributed by atoms with van der Waals surface area (Å²) in [6.07, 6.45) is 0. The summed E-state index contributed by atoms with van der Waals surface area (Å²) in [5.41, 5.74) is 2.83. The van der Waals surface area contributed by atoms with Crippen molar-refractivity contribution >= 4 is 22.4 Å². The van der Waals surface area contributed by atoms with Gasteiger partial charge >= 0.3 is 0 Å². The third-order valence-electron chi connectivity index (χ3n) is 2.82. The fraction of sp³-hybridized carbons (Fsp3) is 0.333. The van der Waals surface area contributed by atoms with Gasteiger partial charge < -0.3 is 9.47 Å². The Bertz CT molecular complexity index is 625. The van der Waals surface area contributed by atoms with Crippen LogP contribution >= 0.6 is 11.3 Å². The molecule has 1 heterocycles. The second-order valence-corrected chi connectivity index (χ2v) is 5.29. The third kappa shape index (κ3) is 4.03. The zero-order valence-corrected chi connectivity index (χ0v) is 13.1. The van der Waals surface area contributed by atoms with Crippen molar-refractivity contribution in [2.75, 3.05) is 25.6 Å². The summed E-state index contributed by atoms with van der Waals surface area (Å²) in [4.78, 5) is 16.0. The van der Waals surface area contributed by atoms with E-state index in [2.05, 4.69) is 10.3 Å². The highest BCUT2D eigenvalue weighted by Gasteiger charge is 2.12. The molecule has 0 radical (unpaired) electrons. The number of nitrogens with one attached hydrogen (secondary N) is 1. The molecule has 0 saturated carbocycles. The number of ether oxygens (including phenoxy) is 2. The standard InChI is InChI=1S/C15H18N2O3S/c1-4-20-8-14(18)17-15-16-12(9-21-15)11-7-10(2)5-6-13(11)19-3/h5-7,9H,4,8H2,1-3H3,(H,16,17,18). The lowest BCUT2D eigenvalue weighted by Crippen LogP contribution is -2.17. The van der Waals surface area contributed by atoms with Crippen molar-refractivity contribution in [3.63, 3.8) is 0 Å². The third-order valence-corrected chi connectivity index (χ3v) is 3.58. The first-order valence-corrected chi connectivity index (χ1v) is 7.50. The van der Waals surface area contributed by atoms with E-state index in [1.807, 2.05) is 37.4 Å². The summed E-state index contributed by atoms with van der Waals surface area (Å²) >= 11 is 1.38. The Hall–Kier alpha value is -1.92. The topological polar surface area (TPSA) is 60.5 Å². The van der Waals surface area contributed by atoms with Crippen LogP contribution in [0.1, 0.15) is 12.5 Å². The van der Waals surface area contributed by atoms with Crippen molar-refractivity contribution in [1.82, 2.24) is 4.98 Å². The number of hydrogen-bond donors (Lipinski definition) is 1. The van der Waals surface area contributed by atoms with Crippen LogP contribution in [0.25, 0.3) is 11.3 Å². The number of benzene rings is 1. The van der Waals surface area contributed by atoms with Crippen LogP contribution in [-0.2, 0) is 9.53 Å². The molecule has 1 aromatic carbocycles. The molecule has 21 heavy (non-hydrogen) atoms. The molecule has 0 atom stereocenters. The van der Waals surface area contributed by atoms with Crippen LogP contribution in [0.5, 0.6) is 5.75 Å². The maximum Gasteiger partial charge on any atom is 0.252 e. The number of amides is 1. The predicted octanol–water partition coefficient (Wildman–Crippen LogP) is 3.10. The first-order chi connectivity index (χ1) is 10.1. The van der Waals surface area contributed by atoms with Gasteiger partial charge in [-0.05, 0) is 26.0 Å². The van der Waals surface area contributed by atoms with Gasteiger partial charge in [-0.2, -0.15) is 0 Å². The Morgan fingerprint density at radius 2 is 2.24 bits per heavy atom. The van der Waals surface area contributed by atoms with Crippen LogP contribution in [0.2, 0.25) is 0 Å². The fourth-order valence-corrected chi connectivity index (χ4v) is 2.55. The lowest BCUT2D eigenvalue weighted by Gasteiger charge is -2.07. The Morgan fingerprint density at radius 1 is 1.43 bits per heavy atom. The molecule has 0 unspecified atom stereocenters. The number of aryl methyl sites for hydroxylation is 1. The molecule has 0 saturated heterocycles. The lowest BCUT2D eigenvalue weighted by molar-refractivity contribution is -0.120. The molecule has 0 aliphatic carbocycles. The van der Waals surface area contributed by atoms with E-state index in [1.54, 1.807) is 7.11 Å². The van der Waals surface area contributed by atoms with Crippen molar-refractivity contribution in [2.24, 2.45) is 0 Å². The molecular formula is C15H18N2O3S. The van der Waals surface area contributed by atoms with E-state index in [0.717, 1.165) is 22.6 Å². The zero-order valence-electron chi connectivity index (χ0n) is 12.3. The summed E-state index contributed by atoms with van der Waals surface area (Å²) in [6.45, 7) is 4.41. The molecule has 0 fully saturated rings. The number of hydrogen-bond acceptors (Lipinski definition) is 5. The number of methoxy groups -OCH3 is 1. The van der Waals surface area contributed by atoms with Crippen molar-refractivity contribution in [3.05, 3.63) is 29.1 Å². The van der Waals surface area contributed by atoms with E-state index in [-0.39, 0.29) is 12.5 Å². The largest absolute Gasteiger partial charge is 0.496 e. The molecule has 1 amide bonds. The summed E-state index contributed by atoms with van der Waals surface area (Å²) in [7, 11) is 1.63. The number of anilines is 1. The number of thiazole rings is 1. The minimum atomic E-state index is -0.200. The number of carbonyl (C=O) groups is 1. The number of nitrogens with zero attached hydrogens (tertiary/aromatic N) is 1. The van der Waals surface area contributed by atoms with Gasteiger partial charge in [-0.3, -0.25) is 10.1 Å². The minimum Gasteiger partial charge on any atom is -0.496 e. The van der Waals surface area contributed by atoms with Crippen LogP contribution in [0.4, 0.5) is 5.13 Å². The summed E-state index contributed by atoms with van der Waals surface area (Å²) in [6, 6.07) is 5.91. The fourth-order valence-electron chi connectivity index (χ4n) is 1.83. The Morgan fingerprint density at radius 3 is 2.95 bits per heavy atom. The summed E-state index contributed by atoms with van der Waals surface area (Å²) in [5, 5.41) is 5.17. The molecule has 2 aromatic rings. The first-order valence-electron chi connectivity index (χ1n) is 6.62. The van der Waals surface area contributed by atoms with Crippen LogP contribution in [0.15, 0.2) is 23.6 Å². The highest BCUT2D eigenvalue weighted by molar-refractivity contribution is 7.14. The van der Waals surface area contributed by atoms with E-state index >= 15 is 0 Å². The van der Waals surface area contributed by atoms with Crippen LogP contribution < -0.4 is 10.1 Å². The van der Waals surface area contributed by atoms with Gasteiger partial charge in [0.05, 0.1) is 12.8 Å². The van der Waals surface area contributed by atoms with Crippen molar-refractivity contribution in [2.45, 2.75) is 13.8 Å². The van der Waals surface area contributed by atoms with E-state index in [9.17, 15) is 4.79 Å². The molecule has 5 nitrogen and oxygen atoms in total.